The van der Waals surface area contributed by atoms with Crippen LogP contribution in [0.5, 0.6) is 0 Å². The summed E-state index contributed by atoms with van der Waals surface area (Å²) in [6.07, 6.45) is 1.79. The van der Waals surface area contributed by atoms with Crippen LogP contribution in [0.1, 0.15) is 21.5 Å². The van der Waals surface area contributed by atoms with Crippen LogP contribution < -0.4 is 5.56 Å². The van der Waals surface area contributed by atoms with Gasteiger partial charge in [-0.15, -0.1) is 0 Å². The fourth-order valence-electron chi connectivity index (χ4n) is 1.77. The molecule has 0 aliphatic rings. The van der Waals surface area contributed by atoms with E-state index in [1.165, 1.54) is 6.20 Å². The summed E-state index contributed by atoms with van der Waals surface area (Å²) in [7, 11) is 0. The Balaban J connectivity index is 2.44. The van der Waals surface area contributed by atoms with Gasteiger partial charge < -0.3 is 10.1 Å². The van der Waals surface area contributed by atoms with E-state index in [9.17, 15) is 9.59 Å². The second-order valence-electron chi connectivity index (χ2n) is 3.82. The predicted molar refractivity (Wildman–Crippen MR) is 68.3 cm³/mol. The van der Waals surface area contributed by atoms with Crippen molar-refractivity contribution in [3.63, 3.8) is 0 Å². The third-order valence-corrected chi connectivity index (χ3v) is 2.78. The Morgan fingerprint density at radius 2 is 2.11 bits per heavy atom. The van der Waals surface area contributed by atoms with Gasteiger partial charge in [-0.1, -0.05) is 23.7 Å². The molecule has 0 bridgehead atoms. The quantitative estimate of drug-likeness (QED) is 0.893. The number of halogens is 1. The third kappa shape index (κ3) is 2.60. The maximum atomic E-state index is 11.5. The van der Waals surface area contributed by atoms with Crippen LogP contribution in [-0.2, 0) is 6.42 Å². The normalized spacial score (nSPS) is 10.3. The Labute approximate surface area is 108 Å². The number of rotatable bonds is 3. The first kappa shape index (κ1) is 12.4. The first-order chi connectivity index (χ1) is 8.58. The molecule has 2 aromatic rings. The number of carboxylic acid groups (broad SMARTS) is 1. The average molecular weight is 264 g/mol. The van der Waals surface area contributed by atoms with Crippen LogP contribution in [0, 0.1) is 0 Å². The molecular formula is C13H10ClNO3. The zero-order valence-electron chi connectivity index (χ0n) is 9.31. The van der Waals surface area contributed by atoms with Crippen molar-refractivity contribution >= 4 is 17.6 Å². The van der Waals surface area contributed by atoms with E-state index in [1.807, 2.05) is 6.07 Å². The minimum Gasteiger partial charge on any atom is -0.477 e. The highest BCUT2D eigenvalue weighted by Gasteiger charge is 2.14. The van der Waals surface area contributed by atoms with E-state index >= 15 is 0 Å². The number of aromatic nitrogens is 1. The predicted octanol–water partition coefficient (Wildman–Crippen LogP) is 2.32. The first-order valence-electron chi connectivity index (χ1n) is 5.26. The number of benzene rings is 1. The number of pyridine rings is 1. The van der Waals surface area contributed by atoms with E-state index in [0.717, 1.165) is 5.56 Å². The molecule has 0 aliphatic carbocycles. The summed E-state index contributed by atoms with van der Waals surface area (Å²) in [5.41, 5.74) is 0.503. The second kappa shape index (κ2) is 5.06. The van der Waals surface area contributed by atoms with Crippen molar-refractivity contribution in [2.75, 3.05) is 0 Å². The Morgan fingerprint density at radius 3 is 2.78 bits per heavy atom. The van der Waals surface area contributed by atoms with Crippen LogP contribution >= 0.6 is 11.6 Å². The molecule has 1 aromatic carbocycles. The second-order valence-corrected chi connectivity index (χ2v) is 4.26. The van der Waals surface area contributed by atoms with Crippen LogP contribution in [0.2, 0.25) is 5.02 Å². The van der Waals surface area contributed by atoms with Gasteiger partial charge in [-0.05, 0) is 35.7 Å². The van der Waals surface area contributed by atoms with Crippen molar-refractivity contribution in [3.05, 3.63) is 68.6 Å². The molecule has 4 nitrogen and oxygen atoms in total. The lowest BCUT2D eigenvalue weighted by Crippen LogP contribution is -2.19. The van der Waals surface area contributed by atoms with Gasteiger partial charge in [0.05, 0.1) is 0 Å². The number of nitrogens with one attached hydrogen (secondary N) is 1. The molecule has 2 rings (SSSR count). The highest BCUT2D eigenvalue weighted by molar-refractivity contribution is 6.30. The van der Waals surface area contributed by atoms with E-state index in [2.05, 4.69) is 4.98 Å². The van der Waals surface area contributed by atoms with E-state index in [4.69, 9.17) is 16.7 Å². The van der Waals surface area contributed by atoms with E-state index in [1.54, 1.807) is 24.3 Å². The number of aromatic carboxylic acids is 1. The Morgan fingerprint density at radius 1 is 1.33 bits per heavy atom. The monoisotopic (exact) mass is 263 g/mol. The maximum Gasteiger partial charge on any atom is 0.341 e. The summed E-state index contributed by atoms with van der Waals surface area (Å²) in [4.78, 5) is 24.9. The SMILES string of the molecule is O=C(O)c1c(Cc2cccc(Cl)c2)cc[nH]c1=O. The molecule has 92 valence electrons. The molecule has 0 spiro atoms. The van der Waals surface area contributed by atoms with Crippen molar-refractivity contribution in [3.8, 4) is 0 Å². The van der Waals surface area contributed by atoms with Crippen LogP contribution in [0.4, 0.5) is 0 Å². The lowest BCUT2D eigenvalue weighted by atomic mass is 10.0. The van der Waals surface area contributed by atoms with Gasteiger partial charge in [0.1, 0.15) is 5.56 Å². The Kier molecular flexibility index (Phi) is 3.48. The largest absolute Gasteiger partial charge is 0.477 e. The molecule has 1 aromatic heterocycles. The number of carboxylic acids is 1. The van der Waals surface area contributed by atoms with Crippen molar-refractivity contribution < 1.29 is 9.90 Å². The van der Waals surface area contributed by atoms with Crippen LogP contribution in [0.15, 0.2) is 41.3 Å². The smallest absolute Gasteiger partial charge is 0.341 e. The molecule has 0 unspecified atom stereocenters. The Bertz CT molecular complexity index is 649. The summed E-state index contributed by atoms with van der Waals surface area (Å²) in [6.45, 7) is 0. The van der Waals surface area contributed by atoms with Crippen molar-refractivity contribution in [2.45, 2.75) is 6.42 Å². The molecule has 0 saturated heterocycles. The minimum absolute atomic E-state index is 0.225. The fraction of sp³-hybridized carbons (Fsp3) is 0.0769. The van der Waals surface area contributed by atoms with E-state index in [0.29, 0.717) is 17.0 Å². The van der Waals surface area contributed by atoms with Gasteiger partial charge in [0.25, 0.3) is 5.56 Å². The lowest BCUT2D eigenvalue weighted by molar-refractivity contribution is 0.0694. The summed E-state index contributed by atoms with van der Waals surface area (Å²) in [6, 6.07) is 8.69. The van der Waals surface area contributed by atoms with Gasteiger partial charge in [0.2, 0.25) is 0 Å². The third-order valence-electron chi connectivity index (χ3n) is 2.54. The highest BCUT2D eigenvalue weighted by Crippen LogP contribution is 2.15. The highest BCUT2D eigenvalue weighted by atomic mass is 35.5. The van der Waals surface area contributed by atoms with Gasteiger partial charge in [0, 0.05) is 11.2 Å². The molecule has 1 heterocycles. The maximum absolute atomic E-state index is 11.5. The van der Waals surface area contributed by atoms with Gasteiger partial charge >= 0.3 is 5.97 Å². The van der Waals surface area contributed by atoms with Gasteiger partial charge in [-0.3, -0.25) is 4.79 Å². The van der Waals surface area contributed by atoms with Gasteiger partial charge in [0.15, 0.2) is 0 Å². The molecular weight excluding hydrogens is 254 g/mol. The summed E-state index contributed by atoms with van der Waals surface area (Å²) >= 11 is 5.86. The number of hydrogen-bond acceptors (Lipinski definition) is 2. The van der Waals surface area contributed by atoms with Crippen molar-refractivity contribution in [1.82, 2.24) is 4.98 Å². The molecule has 18 heavy (non-hydrogen) atoms. The van der Waals surface area contributed by atoms with Gasteiger partial charge in [-0.2, -0.15) is 0 Å². The zero-order valence-corrected chi connectivity index (χ0v) is 10.1. The number of aromatic amines is 1. The van der Waals surface area contributed by atoms with Crippen LogP contribution in [0.3, 0.4) is 0 Å². The number of carbonyl (C=O) groups is 1. The van der Waals surface area contributed by atoms with Crippen molar-refractivity contribution in [2.24, 2.45) is 0 Å². The average Bonchev–Trinajstić information content (AvgIpc) is 2.28. The Hall–Kier alpha value is -2.07. The number of hydrogen-bond donors (Lipinski definition) is 2. The molecule has 2 N–H and O–H groups in total. The van der Waals surface area contributed by atoms with E-state index < -0.39 is 11.5 Å². The van der Waals surface area contributed by atoms with Gasteiger partial charge in [-0.25, -0.2) is 4.79 Å². The lowest BCUT2D eigenvalue weighted by Gasteiger charge is -2.05. The molecule has 0 fully saturated rings. The topological polar surface area (TPSA) is 70.2 Å². The van der Waals surface area contributed by atoms with Crippen LogP contribution in [-0.4, -0.2) is 16.1 Å². The molecule has 5 heteroatoms. The van der Waals surface area contributed by atoms with Crippen molar-refractivity contribution in [1.29, 1.82) is 0 Å². The zero-order chi connectivity index (χ0) is 13.1. The molecule has 0 aliphatic heterocycles. The summed E-state index contributed by atoms with van der Waals surface area (Å²) < 4.78 is 0. The fourth-order valence-corrected chi connectivity index (χ4v) is 1.98. The molecule has 0 radical (unpaired) electrons. The standard InChI is InChI=1S/C13H10ClNO3/c14-10-3-1-2-8(7-10)6-9-4-5-15-12(16)11(9)13(17)18/h1-5,7H,6H2,(H,15,16)(H,17,18). The summed E-state index contributed by atoms with van der Waals surface area (Å²) in [5, 5.41) is 9.61. The van der Waals surface area contributed by atoms with Crippen LogP contribution in [0.25, 0.3) is 0 Å². The number of H-pyrrole nitrogens is 1. The summed E-state index contributed by atoms with van der Waals surface area (Å²) in [5.74, 6) is -1.23. The molecule has 0 amide bonds. The molecule has 0 atom stereocenters. The minimum atomic E-state index is -1.23. The van der Waals surface area contributed by atoms with E-state index in [-0.39, 0.29) is 5.56 Å². The molecule has 0 saturated carbocycles. The first-order valence-corrected chi connectivity index (χ1v) is 5.64.